The SMILES string of the molecule is C=C(CC1(C(C)(C)C)CCCCC1)C(=O)O. The molecule has 1 fully saturated rings. The van der Waals surface area contributed by atoms with Gasteiger partial charge in [-0.3, -0.25) is 0 Å². The van der Waals surface area contributed by atoms with Crippen molar-refractivity contribution in [2.24, 2.45) is 10.8 Å². The molecule has 16 heavy (non-hydrogen) atoms. The van der Waals surface area contributed by atoms with Crippen LogP contribution < -0.4 is 0 Å². The summed E-state index contributed by atoms with van der Waals surface area (Å²) >= 11 is 0. The van der Waals surface area contributed by atoms with Crippen LogP contribution in [0, 0.1) is 10.8 Å². The molecule has 1 aliphatic rings. The van der Waals surface area contributed by atoms with Gasteiger partial charge in [-0.25, -0.2) is 4.79 Å². The summed E-state index contributed by atoms with van der Waals surface area (Å²) in [5.41, 5.74) is 0.670. The fourth-order valence-corrected chi connectivity index (χ4v) is 2.90. The lowest BCUT2D eigenvalue weighted by Gasteiger charge is -2.48. The van der Waals surface area contributed by atoms with Gasteiger partial charge in [-0.2, -0.15) is 0 Å². The molecule has 92 valence electrons. The van der Waals surface area contributed by atoms with Crippen molar-refractivity contribution in [1.29, 1.82) is 0 Å². The van der Waals surface area contributed by atoms with Crippen LogP contribution in [0.25, 0.3) is 0 Å². The van der Waals surface area contributed by atoms with E-state index in [4.69, 9.17) is 5.11 Å². The van der Waals surface area contributed by atoms with Crippen molar-refractivity contribution in [2.45, 2.75) is 59.3 Å². The first-order valence-electron chi connectivity index (χ1n) is 6.20. The van der Waals surface area contributed by atoms with Gasteiger partial charge in [0.1, 0.15) is 0 Å². The zero-order chi connectivity index (χ0) is 12.4. The normalized spacial score (nSPS) is 20.4. The maximum absolute atomic E-state index is 10.9. The lowest BCUT2D eigenvalue weighted by atomic mass is 9.57. The third kappa shape index (κ3) is 2.66. The van der Waals surface area contributed by atoms with E-state index in [2.05, 4.69) is 27.4 Å². The largest absolute Gasteiger partial charge is 0.478 e. The van der Waals surface area contributed by atoms with Crippen molar-refractivity contribution in [3.05, 3.63) is 12.2 Å². The summed E-state index contributed by atoms with van der Waals surface area (Å²) in [5, 5.41) is 8.99. The monoisotopic (exact) mass is 224 g/mol. The van der Waals surface area contributed by atoms with Crippen LogP contribution in [-0.2, 0) is 4.79 Å². The fourth-order valence-electron chi connectivity index (χ4n) is 2.90. The Morgan fingerprint density at radius 2 is 1.75 bits per heavy atom. The lowest BCUT2D eigenvalue weighted by molar-refractivity contribution is -0.133. The molecule has 0 radical (unpaired) electrons. The van der Waals surface area contributed by atoms with Crippen LogP contribution in [0.5, 0.6) is 0 Å². The molecule has 0 amide bonds. The van der Waals surface area contributed by atoms with Crippen LogP contribution in [0.3, 0.4) is 0 Å². The number of hydrogen-bond donors (Lipinski definition) is 1. The molecule has 2 heteroatoms. The van der Waals surface area contributed by atoms with Gasteiger partial charge in [-0.15, -0.1) is 0 Å². The second kappa shape index (κ2) is 4.60. The van der Waals surface area contributed by atoms with Gasteiger partial charge in [0.15, 0.2) is 0 Å². The van der Waals surface area contributed by atoms with Gasteiger partial charge < -0.3 is 5.11 Å². The van der Waals surface area contributed by atoms with E-state index < -0.39 is 5.97 Å². The smallest absolute Gasteiger partial charge is 0.330 e. The van der Waals surface area contributed by atoms with Gasteiger partial charge in [0.25, 0.3) is 0 Å². The Hall–Kier alpha value is -0.790. The average Bonchev–Trinajstić information content (AvgIpc) is 2.17. The number of hydrogen-bond acceptors (Lipinski definition) is 1. The van der Waals surface area contributed by atoms with Crippen LogP contribution >= 0.6 is 0 Å². The molecule has 0 aromatic heterocycles. The quantitative estimate of drug-likeness (QED) is 0.735. The van der Waals surface area contributed by atoms with Crippen LogP contribution in [0.2, 0.25) is 0 Å². The van der Waals surface area contributed by atoms with Crippen molar-refractivity contribution < 1.29 is 9.90 Å². The molecule has 0 spiro atoms. The van der Waals surface area contributed by atoms with E-state index in [0.29, 0.717) is 12.0 Å². The summed E-state index contributed by atoms with van der Waals surface area (Å²) in [5.74, 6) is -0.839. The highest BCUT2D eigenvalue weighted by Gasteiger charge is 2.43. The van der Waals surface area contributed by atoms with Crippen LogP contribution in [0.1, 0.15) is 59.3 Å². The van der Waals surface area contributed by atoms with E-state index in [9.17, 15) is 4.79 Å². The van der Waals surface area contributed by atoms with Crippen LogP contribution in [-0.4, -0.2) is 11.1 Å². The van der Waals surface area contributed by atoms with E-state index in [-0.39, 0.29) is 10.8 Å². The molecule has 0 atom stereocenters. The first-order chi connectivity index (χ1) is 7.28. The number of rotatable bonds is 3. The Morgan fingerprint density at radius 1 is 1.25 bits per heavy atom. The second-order valence-electron chi connectivity index (χ2n) is 6.18. The van der Waals surface area contributed by atoms with Gasteiger partial charge in [0.05, 0.1) is 0 Å². The van der Waals surface area contributed by atoms with E-state index in [0.717, 1.165) is 12.8 Å². The molecule has 1 N–H and O–H groups in total. The lowest BCUT2D eigenvalue weighted by Crippen LogP contribution is -2.38. The summed E-state index contributed by atoms with van der Waals surface area (Å²) < 4.78 is 0. The average molecular weight is 224 g/mol. The number of aliphatic carboxylic acids is 1. The molecule has 0 aliphatic heterocycles. The molecule has 1 rings (SSSR count). The first kappa shape index (κ1) is 13.3. The Morgan fingerprint density at radius 3 is 2.12 bits per heavy atom. The third-order valence-electron chi connectivity index (χ3n) is 4.26. The van der Waals surface area contributed by atoms with Crippen molar-refractivity contribution in [3.63, 3.8) is 0 Å². The minimum atomic E-state index is -0.839. The van der Waals surface area contributed by atoms with Gasteiger partial charge >= 0.3 is 5.97 Å². The summed E-state index contributed by atoms with van der Waals surface area (Å²) in [6, 6.07) is 0. The van der Waals surface area contributed by atoms with E-state index in [1.807, 2.05) is 0 Å². The molecular formula is C14H24O2. The Labute approximate surface area is 98.7 Å². The molecule has 0 aromatic rings. The van der Waals surface area contributed by atoms with E-state index in [1.165, 1.54) is 19.3 Å². The predicted molar refractivity (Wildman–Crippen MR) is 66.4 cm³/mol. The molecule has 1 saturated carbocycles. The van der Waals surface area contributed by atoms with Crippen molar-refractivity contribution in [3.8, 4) is 0 Å². The minimum absolute atomic E-state index is 0.140. The van der Waals surface area contributed by atoms with E-state index >= 15 is 0 Å². The molecule has 1 aliphatic carbocycles. The number of carbonyl (C=O) groups is 1. The molecule has 0 unspecified atom stereocenters. The van der Waals surface area contributed by atoms with E-state index in [1.54, 1.807) is 0 Å². The summed E-state index contributed by atoms with van der Waals surface area (Å²) in [6.07, 6.45) is 6.67. The van der Waals surface area contributed by atoms with Crippen molar-refractivity contribution in [2.75, 3.05) is 0 Å². The van der Waals surface area contributed by atoms with Crippen molar-refractivity contribution in [1.82, 2.24) is 0 Å². The summed E-state index contributed by atoms with van der Waals surface area (Å²) in [4.78, 5) is 10.9. The molecule has 0 aromatic carbocycles. The third-order valence-corrected chi connectivity index (χ3v) is 4.26. The zero-order valence-electron chi connectivity index (χ0n) is 10.8. The van der Waals surface area contributed by atoms with Crippen LogP contribution in [0.15, 0.2) is 12.2 Å². The summed E-state index contributed by atoms with van der Waals surface area (Å²) in [6.45, 7) is 10.4. The highest BCUT2D eigenvalue weighted by atomic mass is 16.4. The van der Waals surface area contributed by atoms with Gasteiger partial charge in [0, 0.05) is 5.57 Å². The number of carboxylic acids is 1. The van der Waals surface area contributed by atoms with Crippen molar-refractivity contribution >= 4 is 5.97 Å². The number of carboxylic acid groups (broad SMARTS) is 1. The minimum Gasteiger partial charge on any atom is -0.478 e. The summed E-state index contributed by atoms with van der Waals surface area (Å²) in [7, 11) is 0. The fraction of sp³-hybridized carbons (Fsp3) is 0.786. The molecule has 0 saturated heterocycles. The highest BCUT2D eigenvalue weighted by molar-refractivity contribution is 5.85. The van der Waals surface area contributed by atoms with Gasteiger partial charge in [0.2, 0.25) is 0 Å². The maximum Gasteiger partial charge on any atom is 0.330 e. The predicted octanol–water partition coefficient (Wildman–Crippen LogP) is 4.01. The first-order valence-corrected chi connectivity index (χ1v) is 6.20. The Bertz CT molecular complexity index is 278. The molecule has 2 nitrogen and oxygen atoms in total. The maximum atomic E-state index is 10.9. The van der Waals surface area contributed by atoms with Gasteiger partial charge in [-0.05, 0) is 30.1 Å². The molecular weight excluding hydrogens is 200 g/mol. The standard InChI is InChI=1S/C14H24O2/c1-11(12(15)16)10-14(13(2,3)4)8-6-5-7-9-14/h1,5-10H2,2-4H3,(H,15,16). The topological polar surface area (TPSA) is 37.3 Å². The van der Waals surface area contributed by atoms with Gasteiger partial charge in [-0.1, -0.05) is 46.6 Å². The Kier molecular flexibility index (Phi) is 3.82. The molecule has 0 bridgehead atoms. The highest BCUT2D eigenvalue weighted by Crippen LogP contribution is 2.53. The second-order valence-corrected chi connectivity index (χ2v) is 6.18. The van der Waals surface area contributed by atoms with Crippen LogP contribution in [0.4, 0.5) is 0 Å². The Balaban J connectivity index is 2.87. The zero-order valence-corrected chi connectivity index (χ0v) is 10.8. The molecule has 0 heterocycles.